The van der Waals surface area contributed by atoms with Gasteiger partial charge in [-0.3, -0.25) is 0 Å². The Bertz CT molecular complexity index is 1040. The van der Waals surface area contributed by atoms with Crippen molar-refractivity contribution in [1.82, 2.24) is 0 Å². The summed E-state index contributed by atoms with van der Waals surface area (Å²) in [5.74, 6) is -0.281. The van der Waals surface area contributed by atoms with E-state index in [0.717, 1.165) is 47.1 Å². The minimum atomic E-state index is -0.459. The van der Waals surface area contributed by atoms with Crippen LogP contribution in [0.25, 0.3) is 11.1 Å². The number of aryl methyl sites for hydroxylation is 2. The third-order valence-electron chi connectivity index (χ3n) is 5.28. The first-order valence-corrected chi connectivity index (χ1v) is 11.9. The van der Waals surface area contributed by atoms with Gasteiger partial charge in [0.25, 0.3) is 0 Å². The van der Waals surface area contributed by atoms with E-state index in [1.165, 1.54) is 0 Å². The molecule has 6 heteroatoms. The first-order chi connectivity index (χ1) is 16.8. The van der Waals surface area contributed by atoms with Crippen molar-refractivity contribution in [2.45, 2.75) is 53.1 Å². The molecule has 0 saturated heterocycles. The predicted molar refractivity (Wildman–Crippen MR) is 137 cm³/mol. The van der Waals surface area contributed by atoms with Crippen molar-refractivity contribution in [2.75, 3.05) is 19.8 Å². The molecule has 2 rings (SSSR count). The van der Waals surface area contributed by atoms with E-state index in [-0.39, 0.29) is 26.4 Å². The number of aliphatic hydroxyl groups is 1. The van der Waals surface area contributed by atoms with Crippen LogP contribution in [0.4, 0.5) is 0 Å². The van der Waals surface area contributed by atoms with E-state index >= 15 is 0 Å². The SMILES string of the molecule is C=C(C)C(=O)OCCOc1cc(CCC)cc(COC(=O)C(=C)C)c1-c1ccc(CCCO)cc1. The molecule has 0 fully saturated rings. The van der Waals surface area contributed by atoms with Crippen LogP contribution < -0.4 is 4.74 Å². The van der Waals surface area contributed by atoms with E-state index in [4.69, 9.17) is 19.3 Å². The first kappa shape index (κ1) is 27.9. The van der Waals surface area contributed by atoms with Crippen LogP contribution in [0.1, 0.15) is 50.3 Å². The van der Waals surface area contributed by atoms with E-state index in [0.29, 0.717) is 23.3 Å². The largest absolute Gasteiger partial charge is 0.489 e. The molecule has 6 nitrogen and oxygen atoms in total. The van der Waals surface area contributed by atoms with Gasteiger partial charge in [0, 0.05) is 28.9 Å². The summed E-state index contributed by atoms with van der Waals surface area (Å²) in [6.45, 7) is 13.0. The van der Waals surface area contributed by atoms with Crippen molar-refractivity contribution in [1.29, 1.82) is 0 Å². The maximum absolute atomic E-state index is 12.1. The van der Waals surface area contributed by atoms with Crippen LogP contribution in [0.2, 0.25) is 0 Å². The maximum atomic E-state index is 12.1. The molecule has 188 valence electrons. The molecular weight excluding hydrogens is 444 g/mol. The average Bonchev–Trinajstić information content (AvgIpc) is 2.84. The average molecular weight is 481 g/mol. The molecule has 0 aliphatic heterocycles. The molecule has 0 heterocycles. The molecule has 0 aromatic heterocycles. The predicted octanol–water partition coefficient (Wildman–Crippen LogP) is 5.35. The summed E-state index contributed by atoms with van der Waals surface area (Å²) in [7, 11) is 0. The van der Waals surface area contributed by atoms with Gasteiger partial charge >= 0.3 is 11.9 Å². The fourth-order valence-corrected chi connectivity index (χ4v) is 3.52. The monoisotopic (exact) mass is 480 g/mol. The minimum absolute atomic E-state index is 0.0752. The molecule has 0 saturated carbocycles. The first-order valence-electron chi connectivity index (χ1n) is 11.9. The second kappa shape index (κ2) is 14.1. The Hall–Kier alpha value is -3.38. The highest BCUT2D eigenvalue weighted by Gasteiger charge is 2.17. The molecule has 0 amide bonds. The second-order valence-electron chi connectivity index (χ2n) is 8.52. The van der Waals surface area contributed by atoms with Crippen LogP contribution in [-0.4, -0.2) is 36.9 Å². The Morgan fingerprint density at radius 1 is 0.886 bits per heavy atom. The van der Waals surface area contributed by atoms with Gasteiger partial charge in [0.2, 0.25) is 0 Å². The standard InChI is InChI=1S/C29H36O6/c1-6-8-23-17-25(19-35-29(32)21(4)5)27(24-12-10-22(11-13-24)9-7-14-30)26(18-23)33-15-16-34-28(31)20(2)3/h10-13,17-18,30H,2,4,6-9,14-16,19H2,1,3,5H3. The van der Waals surface area contributed by atoms with E-state index in [1.54, 1.807) is 13.8 Å². The van der Waals surface area contributed by atoms with Gasteiger partial charge < -0.3 is 19.3 Å². The lowest BCUT2D eigenvalue weighted by atomic mass is 9.94. The zero-order valence-electron chi connectivity index (χ0n) is 21.0. The Morgan fingerprint density at radius 3 is 2.14 bits per heavy atom. The van der Waals surface area contributed by atoms with E-state index in [1.807, 2.05) is 36.4 Å². The van der Waals surface area contributed by atoms with E-state index in [9.17, 15) is 9.59 Å². The molecule has 35 heavy (non-hydrogen) atoms. The fourth-order valence-electron chi connectivity index (χ4n) is 3.52. The van der Waals surface area contributed by atoms with Gasteiger partial charge in [-0.25, -0.2) is 9.59 Å². The summed E-state index contributed by atoms with van der Waals surface area (Å²) in [6.07, 6.45) is 3.26. The van der Waals surface area contributed by atoms with Crippen molar-refractivity contribution in [2.24, 2.45) is 0 Å². The number of carbonyl (C=O) groups is 2. The lowest BCUT2D eigenvalue weighted by Gasteiger charge is -2.19. The van der Waals surface area contributed by atoms with Gasteiger partial charge in [0.1, 0.15) is 25.6 Å². The lowest BCUT2D eigenvalue weighted by molar-refractivity contribution is -0.140. The number of esters is 2. The third-order valence-corrected chi connectivity index (χ3v) is 5.28. The molecule has 2 aromatic carbocycles. The van der Waals surface area contributed by atoms with Gasteiger partial charge in [-0.05, 0) is 55.9 Å². The molecule has 0 radical (unpaired) electrons. The zero-order valence-corrected chi connectivity index (χ0v) is 21.0. The number of carbonyl (C=O) groups excluding carboxylic acids is 2. The second-order valence-corrected chi connectivity index (χ2v) is 8.52. The molecule has 0 aliphatic rings. The van der Waals surface area contributed by atoms with Crippen LogP contribution in [0, 0.1) is 0 Å². The van der Waals surface area contributed by atoms with Gasteiger partial charge in [0.15, 0.2) is 0 Å². The maximum Gasteiger partial charge on any atom is 0.333 e. The Kier molecular flexibility index (Phi) is 11.2. The summed E-state index contributed by atoms with van der Waals surface area (Å²) in [4.78, 5) is 23.8. The van der Waals surface area contributed by atoms with E-state index in [2.05, 4.69) is 20.1 Å². The van der Waals surface area contributed by atoms with Crippen molar-refractivity contribution < 1.29 is 28.9 Å². The van der Waals surface area contributed by atoms with Gasteiger partial charge in [-0.1, -0.05) is 56.8 Å². The topological polar surface area (TPSA) is 82.1 Å². The highest BCUT2D eigenvalue weighted by molar-refractivity contribution is 5.87. The summed E-state index contributed by atoms with van der Waals surface area (Å²) in [6, 6.07) is 12.1. The number of ether oxygens (including phenoxy) is 3. The zero-order chi connectivity index (χ0) is 25.8. The Labute approximate surface area is 208 Å². The summed E-state index contributed by atoms with van der Waals surface area (Å²) >= 11 is 0. The Morgan fingerprint density at radius 2 is 1.54 bits per heavy atom. The van der Waals surface area contributed by atoms with Crippen LogP contribution in [0.15, 0.2) is 60.7 Å². The molecule has 0 spiro atoms. The van der Waals surface area contributed by atoms with Gasteiger partial charge in [-0.15, -0.1) is 0 Å². The van der Waals surface area contributed by atoms with Crippen LogP contribution >= 0.6 is 0 Å². The van der Waals surface area contributed by atoms with Crippen molar-refractivity contribution >= 4 is 11.9 Å². The third kappa shape index (κ3) is 8.72. The number of aliphatic hydroxyl groups excluding tert-OH is 1. The summed E-state index contributed by atoms with van der Waals surface area (Å²) in [5, 5.41) is 9.11. The molecule has 0 atom stereocenters. The summed E-state index contributed by atoms with van der Waals surface area (Å²) in [5.41, 5.74) is 5.40. The number of benzene rings is 2. The number of hydrogen-bond donors (Lipinski definition) is 1. The van der Waals surface area contributed by atoms with Gasteiger partial charge in [0.05, 0.1) is 0 Å². The molecule has 0 unspecified atom stereocenters. The molecular formula is C29H36O6. The van der Waals surface area contributed by atoms with Gasteiger partial charge in [-0.2, -0.15) is 0 Å². The molecule has 2 aromatic rings. The lowest BCUT2D eigenvalue weighted by Crippen LogP contribution is -2.13. The van der Waals surface area contributed by atoms with Crippen LogP contribution in [-0.2, 0) is 38.5 Å². The molecule has 0 aliphatic carbocycles. The smallest absolute Gasteiger partial charge is 0.333 e. The molecule has 1 N–H and O–H groups in total. The van der Waals surface area contributed by atoms with Crippen molar-refractivity contribution in [3.8, 4) is 16.9 Å². The van der Waals surface area contributed by atoms with Crippen molar-refractivity contribution in [3.05, 3.63) is 77.4 Å². The van der Waals surface area contributed by atoms with E-state index < -0.39 is 11.9 Å². The quantitative estimate of drug-likeness (QED) is 0.223. The van der Waals surface area contributed by atoms with Crippen LogP contribution in [0.3, 0.4) is 0 Å². The van der Waals surface area contributed by atoms with Crippen LogP contribution in [0.5, 0.6) is 5.75 Å². The van der Waals surface area contributed by atoms with Crippen molar-refractivity contribution in [3.63, 3.8) is 0 Å². The normalized spacial score (nSPS) is 10.5. The summed E-state index contributed by atoms with van der Waals surface area (Å²) < 4.78 is 16.8. The number of rotatable bonds is 14. The fraction of sp³-hybridized carbons (Fsp3) is 0.379. The Balaban J connectivity index is 2.42. The number of hydrogen-bond acceptors (Lipinski definition) is 6. The highest BCUT2D eigenvalue weighted by Crippen LogP contribution is 2.36. The minimum Gasteiger partial charge on any atom is -0.489 e. The molecule has 0 bridgehead atoms. The highest BCUT2D eigenvalue weighted by atomic mass is 16.6.